The van der Waals surface area contributed by atoms with Gasteiger partial charge in [-0.3, -0.25) is 0 Å². The van der Waals surface area contributed by atoms with E-state index >= 15 is 0 Å². The lowest BCUT2D eigenvalue weighted by atomic mass is 10.2. The molecule has 13 nitrogen and oxygen atoms in total. The van der Waals surface area contributed by atoms with E-state index in [4.69, 9.17) is 14.2 Å². The molecule has 29 heavy (non-hydrogen) atoms. The largest absolute Gasteiger partial charge is 0.444 e. The molecule has 13 heteroatoms. The number of hydrogen-bond acceptors (Lipinski definition) is 9. The summed E-state index contributed by atoms with van der Waals surface area (Å²) in [5, 5.41) is 24.7. The summed E-state index contributed by atoms with van der Waals surface area (Å²) in [5.74, 6) is -1.34. The van der Waals surface area contributed by atoms with E-state index in [9.17, 15) is 25.0 Å². The van der Waals surface area contributed by atoms with Gasteiger partial charge in [-0.15, -0.1) is 0 Å². The van der Waals surface area contributed by atoms with Crippen molar-refractivity contribution in [2.75, 3.05) is 13.2 Å². The van der Waals surface area contributed by atoms with Crippen LogP contribution in [0.15, 0.2) is 6.20 Å². The van der Waals surface area contributed by atoms with E-state index in [0.29, 0.717) is 13.0 Å². The zero-order chi connectivity index (χ0) is 21.6. The second kappa shape index (κ2) is 9.60. The Hall–Kier alpha value is -2.80. The van der Waals surface area contributed by atoms with E-state index in [1.54, 1.807) is 20.8 Å². The summed E-state index contributed by atoms with van der Waals surface area (Å²) in [6.07, 6.45) is 1.42. The quantitative estimate of drug-likeness (QED) is 0.495. The predicted molar refractivity (Wildman–Crippen MR) is 98.2 cm³/mol. The number of rotatable bonds is 8. The molecule has 2 unspecified atom stereocenters. The molecule has 1 aromatic heterocycles. The molecular weight excluding hydrogens is 390 g/mol. The zero-order valence-electron chi connectivity index (χ0n) is 16.5. The van der Waals surface area contributed by atoms with E-state index in [1.165, 1.54) is 0 Å². The number of imidazole rings is 1. The monoisotopic (exact) mass is 415 g/mol. The van der Waals surface area contributed by atoms with Gasteiger partial charge in [0.05, 0.1) is 13.1 Å². The lowest BCUT2D eigenvalue weighted by Gasteiger charge is -2.28. The molecule has 0 spiro atoms. The fraction of sp³-hybridized carbons (Fsp3) is 0.750. The summed E-state index contributed by atoms with van der Waals surface area (Å²) in [5.41, 5.74) is -0.698. The number of nitrogens with one attached hydrogen (secondary N) is 1. The SMILES string of the molecule is CC(C)(C)OC(=O)NCC(Cn1cc([N+](=O)[O-])nc1[N+](=O)[O-])OC1CCCCO1. The molecule has 1 saturated heterocycles. The number of nitrogens with zero attached hydrogens (tertiary/aromatic N) is 4. The van der Waals surface area contributed by atoms with Crippen LogP contribution in [0.3, 0.4) is 0 Å². The number of alkyl carbamates (subject to hydrolysis) is 1. The van der Waals surface area contributed by atoms with Crippen molar-refractivity contribution in [3.8, 4) is 0 Å². The normalized spacial score (nSPS) is 18.1. The number of carbonyl (C=O) groups is 1. The minimum Gasteiger partial charge on any atom is -0.444 e. The van der Waals surface area contributed by atoms with Crippen LogP contribution in [0.5, 0.6) is 0 Å². The lowest BCUT2D eigenvalue weighted by Crippen LogP contribution is -2.41. The molecule has 0 bridgehead atoms. The standard InChI is InChI=1S/C16H25N5O8/c1-16(2,3)29-15(22)17-8-11(28-13-6-4-5-7-27-13)9-19-10-12(20(23)24)18-14(19)21(25)26/h10-11,13H,4-9H2,1-3H3,(H,17,22). The van der Waals surface area contributed by atoms with Crippen molar-refractivity contribution < 1.29 is 28.9 Å². The first kappa shape index (κ1) is 22.5. The third-order valence-corrected chi connectivity index (χ3v) is 3.85. The molecular formula is C16H25N5O8. The van der Waals surface area contributed by atoms with Gasteiger partial charge in [0.1, 0.15) is 11.7 Å². The molecule has 1 aromatic rings. The zero-order valence-corrected chi connectivity index (χ0v) is 16.5. The van der Waals surface area contributed by atoms with Crippen LogP contribution in [0.25, 0.3) is 0 Å². The molecule has 0 saturated carbocycles. The molecule has 0 radical (unpaired) electrons. The molecule has 2 rings (SSSR count). The Balaban J connectivity index is 2.12. The van der Waals surface area contributed by atoms with Crippen LogP contribution < -0.4 is 5.32 Å². The van der Waals surface area contributed by atoms with E-state index in [2.05, 4.69) is 10.3 Å². The Kier molecular flexibility index (Phi) is 7.45. The fourth-order valence-electron chi connectivity index (χ4n) is 2.68. The Bertz CT molecular complexity index is 738. The lowest BCUT2D eigenvalue weighted by molar-refractivity contribution is -0.403. The average Bonchev–Trinajstić information content (AvgIpc) is 3.03. The van der Waals surface area contributed by atoms with Crippen molar-refractivity contribution in [3.63, 3.8) is 0 Å². The molecule has 1 amide bonds. The minimum atomic E-state index is -0.817. The average molecular weight is 415 g/mol. The maximum Gasteiger partial charge on any atom is 0.439 e. The van der Waals surface area contributed by atoms with Crippen LogP contribution in [-0.2, 0) is 20.8 Å². The summed E-state index contributed by atoms with van der Waals surface area (Å²) < 4.78 is 17.6. The molecule has 0 aliphatic carbocycles. The fourth-order valence-corrected chi connectivity index (χ4v) is 2.68. The number of carbonyl (C=O) groups excluding carboxylic acids is 1. The van der Waals surface area contributed by atoms with Crippen molar-refractivity contribution in [1.82, 2.24) is 14.9 Å². The summed E-state index contributed by atoms with van der Waals surface area (Å²) in [6, 6.07) is 0. The number of aromatic nitrogens is 2. The molecule has 0 aromatic carbocycles. The summed E-state index contributed by atoms with van der Waals surface area (Å²) in [4.78, 5) is 35.8. The second-order valence-corrected chi connectivity index (χ2v) is 7.50. The molecule has 1 fully saturated rings. The topological polar surface area (TPSA) is 161 Å². The molecule has 162 valence electrons. The van der Waals surface area contributed by atoms with Crippen LogP contribution >= 0.6 is 0 Å². The van der Waals surface area contributed by atoms with Gasteiger partial charge >= 0.3 is 17.9 Å². The number of nitro groups is 2. The second-order valence-electron chi connectivity index (χ2n) is 7.50. The molecule has 1 aliphatic heterocycles. The first-order valence-electron chi connectivity index (χ1n) is 9.15. The summed E-state index contributed by atoms with van der Waals surface area (Å²) in [7, 11) is 0. The highest BCUT2D eigenvalue weighted by Gasteiger charge is 2.28. The highest BCUT2D eigenvalue weighted by Crippen LogP contribution is 2.21. The van der Waals surface area contributed by atoms with E-state index in [0.717, 1.165) is 23.6 Å². The molecule has 2 atom stereocenters. The van der Waals surface area contributed by atoms with Gasteiger partial charge in [0.15, 0.2) is 12.5 Å². The van der Waals surface area contributed by atoms with Gasteiger partial charge in [0, 0.05) is 6.61 Å². The maximum atomic E-state index is 11.9. The van der Waals surface area contributed by atoms with E-state index < -0.39 is 45.7 Å². The Morgan fingerprint density at radius 1 is 1.38 bits per heavy atom. The van der Waals surface area contributed by atoms with Crippen LogP contribution in [-0.4, -0.2) is 56.6 Å². The number of hydrogen-bond donors (Lipinski definition) is 1. The first-order chi connectivity index (χ1) is 13.5. The van der Waals surface area contributed by atoms with Gasteiger partial charge in [0.2, 0.25) is 0 Å². The van der Waals surface area contributed by atoms with Crippen molar-refractivity contribution in [1.29, 1.82) is 0 Å². The minimum absolute atomic E-state index is 0.0437. The maximum absolute atomic E-state index is 11.9. The van der Waals surface area contributed by atoms with E-state index in [1.807, 2.05) is 0 Å². The Morgan fingerprint density at radius 3 is 2.66 bits per heavy atom. The third kappa shape index (κ3) is 7.27. The first-order valence-corrected chi connectivity index (χ1v) is 9.15. The highest BCUT2D eigenvalue weighted by molar-refractivity contribution is 5.67. The third-order valence-electron chi connectivity index (χ3n) is 3.85. The summed E-state index contributed by atoms with van der Waals surface area (Å²) in [6.45, 7) is 5.47. The van der Waals surface area contributed by atoms with Crippen LogP contribution in [0.2, 0.25) is 0 Å². The van der Waals surface area contributed by atoms with Crippen molar-refractivity contribution in [2.24, 2.45) is 0 Å². The van der Waals surface area contributed by atoms with Gasteiger partial charge in [-0.25, -0.2) is 9.36 Å². The van der Waals surface area contributed by atoms with Crippen molar-refractivity contribution in [3.05, 3.63) is 26.4 Å². The van der Waals surface area contributed by atoms with Crippen LogP contribution in [0.1, 0.15) is 40.0 Å². The van der Waals surface area contributed by atoms with Crippen LogP contribution in [0, 0.1) is 20.2 Å². The highest BCUT2D eigenvalue weighted by atomic mass is 16.7. The summed E-state index contributed by atoms with van der Waals surface area (Å²) >= 11 is 0. The number of amides is 1. The Morgan fingerprint density at radius 2 is 2.10 bits per heavy atom. The molecule has 1 aliphatic rings. The van der Waals surface area contributed by atoms with Gasteiger partial charge in [-0.1, -0.05) is 0 Å². The van der Waals surface area contributed by atoms with Gasteiger partial charge in [-0.2, -0.15) is 0 Å². The van der Waals surface area contributed by atoms with Gasteiger partial charge in [0.25, 0.3) is 0 Å². The van der Waals surface area contributed by atoms with E-state index in [-0.39, 0.29) is 13.1 Å². The van der Waals surface area contributed by atoms with Crippen molar-refractivity contribution >= 4 is 17.9 Å². The smallest absolute Gasteiger partial charge is 0.439 e. The molecule has 2 heterocycles. The van der Waals surface area contributed by atoms with Crippen molar-refractivity contribution in [2.45, 2.75) is 64.6 Å². The number of ether oxygens (including phenoxy) is 3. The molecule has 1 N–H and O–H groups in total. The Labute approximate surface area is 166 Å². The van der Waals surface area contributed by atoms with Gasteiger partial charge < -0.3 is 39.8 Å². The predicted octanol–water partition coefficient (Wildman–Crippen LogP) is 2.14. The van der Waals surface area contributed by atoms with Crippen LogP contribution in [0.4, 0.5) is 16.6 Å². The van der Waals surface area contributed by atoms with Gasteiger partial charge in [-0.05, 0) is 54.9 Å².